The number of H-pyrrole nitrogens is 1. The van der Waals surface area contributed by atoms with Crippen molar-refractivity contribution in [1.82, 2.24) is 9.97 Å². The molecule has 174 valence electrons. The molecule has 8 heteroatoms. The summed E-state index contributed by atoms with van der Waals surface area (Å²) in [5.74, 6) is 0.495. The van der Waals surface area contributed by atoms with E-state index in [1.165, 1.54) is 11.8 Å². The first kappa shape index (κ1) is 22.7. The van der Waals surface area contributed by atoms with E-state index in [4.69, 9.17) is 16.6 Å². The number of aromatic hydroxyl groups is 1. The molecule has 0 saturated carbocycles. The summed E-state index contributed by atoms with van der Waals surface area (Å²) >= 11 is 7.67. The summed E-state index contributed by atoms with van der Waals surface area (Å²) in [6.07, 6.45) is 1.06. The number of halogens is 1. The summed E-state index contributed by atoms with van der Waals surface area (Å²) in [5.41, 5.74) is 2.89. The highest BCUT2D eigenvalue weighted by Crippen LogP contribution is 2.48. The molecule has 3 N–H and O–H groups in total. The number of phenols is 1. The average molecular weight is 494 g/mol. The topological polar surface area (TPSA) is 95.1 Å². The van der Waals surface area contributed by atoms with Gasteiger partial charge in [-0.15, -0.1) is 0 Å². The lowest BCUT2D eigenvalue weighted by Crippen LogP contribution is -2.37. The maximum atomic E-state index is 13.4. The quantitative estimate of drug-likeness (QED) is 0.322. The van der Waals surface area contributed by atoms with Gasteiger partial charge in [-0.2, -0.15) is 0 Å². The Morgan fingerprint density at radius 2 is 1.94 bits per heavy atom. The summed E-state index contributed by atoms with van der Waals surface area (Å²) < 4.78 is 0. The lowest BCUT2D eigenvalue weighted by atomic mass is 9.69. The molecule has 34 heavy (non-hydrogen) atoms. The molecule has 1 aromatic heterocycles. The van der Waals surface area contributed by atoms with Gasteiger partial charge in [-0.25, -0.2) is 4.98 Å². The molecular weight excluding hydrogens is 470 g/mol. The molecule has 0 saturated heterocycles. The van der Waals surface area contributed by atoms with Crippen LogP contribution in [-0.4, -0.2) is 20.9 Å². The fourth-order valence-electron chi connectivity index (χ4n) is 4.76. The summed E-state index contributed by atoms with van der Waals surface area (Å²) in [4.78, 5) is 34.3. The second-order valence-corrected chi connectivity index (χ2v) is 10.9. The first-order valence-corrected chi connectivity index (χ1v) is 12.4. The standard InChI is InChI=1S/C26H24ClN3O3S/c1-26(2)11-18-21(19(32)12-26)20(14-7-5-8-16(31)10-14)22-23(28-18)29-25(30-24(22)33)34-13-15-6-3-4-9-17(15)27/h3-10,20,31H,11-13H2,1-2H3,(H2,28,29,30,33). The summed E-state index contributed by atoms with van der Waals surface area (Å²) in [6, 6.07) is 14.3. The molecule has 1 aliphatic heterocycles. The van der Waals surface area contributed by atoms with Gasteiger partial charge in [-0.05, 0) is 41.2 Å². The first-order chi connectivity index (χ1) is 16.2. The van der Waals surface area contributed by atoms with E-state index in [2.05, 4.69) is 24.1 Å². The second kappa shape index (κ2) is 8.64. The van der Waals surface area contributed by atoms with Gasteiger partial charge in [0.15, 0.2) is 10.9 Å². The van der Waals surface area contributed by atoms with Gasteiger partial charge in [0.2, 0.25) is 0 Å². The van der Waals surface area contributed by atoms with Crippen LogP contribution < -0.4 is 10.9 Å². The Kier molecular flexibility index (Phi) is 5.78. The van der Waals surface area contributed by atoms with Crippen molar-refractivity contribution >= 4 is 35.0 Å². The predicted octanol–water partition coefficient (Wildman–Crippen LogP) is 5.62. The monoisotopic (exact) mass is 493 g/mol. The van der Waals surface area contributed by atoms with Crippen molar-refractivity contribution in [3.8, 4) is 5.75 Å². The first-order valence-electron chi connectivity index (χ1n) is 11.0. The molecule has 0 fully saturated rings. The molecule has 1 aliphatic carbocycles. The summed E-state index contributed by atoms with van der Waals surface area (Å²) in [5, 5.41) is 14.6. The van der Waals surface area contributed by atoms with Gasteiger partial charge in [0.05, 0.1) is 5.56 Å². The minimum atomic E-state index is -0.596. The molecule has 1 unspecified atom stereocenters. The molecule has 2 heterocycles. The number of benzene rings is 2. The second-order valence-electron chi connectivity index (χ2n) is 9.50. The van der Waals surface area contributed by atoms with E-state index in [0.29, 0.717) is 51.3 Å². The van der Waals surface area contributed by atoms with Gasteiger partial charge < -0.3 is 15.4 Å². The minimum Gasteiger partial charge on any atom is -0.508 e. The normalized spacial score (nSPS) is 18.8. The third-order valence-corrected chi connectivity index (χ3v) is 7.52. The maximum absolute atomic E-state index is 13.4. The molecule has 0 radical (unpaired) electrons. The number of nitrogens with zero attached hydrogens (tertiary/aromatic N) is 1. The number of hydrogen-bond donors (Lipinski definition) is 3. The van der Waals surface area contributed by atoms with E-state index in [0.717, 1.165) is 11.3 Å². The highest BCUT2D eigenvalue weighted by atomic mass is 35.5. The Balaban J connectivity index is 1.59. The van der Waals surface area contributed by atoms with Crippen LogP contribution in [0.4, 0.5) is 5.82 Å². The average Bonchev–Trinajstić information content (AvgIpc) is 2.76. The zero-order valence-electron chi connectivity index (χ0n) is 18.8. The molecule has 0 amide bonds. The number of rotatable bonds is 4. The lowest BCUT2D eigenvalue weighted by Gasteiger charge is -2.38. The van der Waals surface area contributed by atoms with Gasteiger partial charge in [0.25, 0.3) is 5.56 Å². The molecule has 6 nitrogen and oxygen atoms in total. The zero-order chi connectivity index (χ0) is 24.0. The Hall–Kier alpha value is -3.03. The van der Waals surface area contributed by atoms with Gasteiger partial charge in [0, 0.05) is 34.4 Å². The van der Waals surface area contributed by atoms with Crippen LogP contribution in [0.5, 0.6) is 5.75 Å². The number of fused-ring (bicyclic) bond motifs is 1. The number of phenolic OH excluding ortho intramolecular Hbond substituents is 1. The Labute approximate surface area is 206 Å². The van der Waals surface area contributed by atoms with Crippen LogP contribution in [0.1, 0.15) is 49.3 Å². The summed E-state index contributed by atoms with van der Waals surface area (Å²) in [7, 11) is 0. The van der Waals surface area contributed by atoms with Crippen molar-refractivity contribution in [2.45, 2.75) is 43.5 Å². The van der Waals surface area contributed by atoms with E-state index < -0.39 is 5.92 Å². The smallest absolute Gasteiger partial charge is 0.257 e. The van der Waals surface area contributed by atoms with Crippen LogP contribution in [-0.2, 0) is 10.5 Å². The molecule has 0 spiro atoms. The van der Waals surface area contributed by atoms with Crippen LogP contribution in [0.15, 0.2) is 69.8 Å². The van der Waals surface area contributed by atoms with Gasteiger partial charge in [-0.3, -0.25) is 9.59 Å². The molecule has 0 bridgehead atoms. The van der Waals surface area contributed by atoms with Gasteiger partial charge in [-0.1, -0.05) is 67.5 Å². The zero-order valence-corrected chi connectivity index (χ0v) is 20.4. The molecule has 2 aliphatic rings. The lowest BCUT2D eigenvalue weighted by molar-refractivity contribution is -0.118. The number of nitrogens with one attached hydrogen (secondary N) is 2. The number of Topliss-reactive ketones (excluding diaryl/α,β-unsaturated/α-hetero) is 1. The van der Waals surface area contributed by atoms with E-state index in [1.807, 2.05) is 30.3 Å². The fourth-order valence-corrected chi connectivity index (χ4v) is 5.91. The van der Waals surface area contributed by atoms with Crippen LogP contribution in [0.3, 0.4) is 0 Å². The van der Waals surface area contributed by atoms with Crippen molar-refractivity contribution in [2.24, 2.45) is 5.41 Å². The largest absolute Gasteiger partial charge is 0.508 e. The minimum absolute atomic E-state index is 0.00862. The number of carbonyl (C=O) groups excluding carboxylic acids is 1. The number of aromatic nitrogens is 2. The molecule has 3 aromatic rings. The predicted molar refractivity (Wildman–Crippen MR) is 134 cm³/mol. The number of allylic oxidation sites excluding steroid dienone is 2. The Morgan fingerprint density at radius 1 is 1.15 bits per heavy atom. The van der Waals surface area contributed by atoms with Crippen molar-refractivity contribution in [1.29, 1.82) is 0 Å². The number of aromatic amines is 1. The number of ketones is 1. The molecule has 1 atom stereocenters. The van der Waals surface area contributed by atoms with Gasteiger partial charge in [0.1, 0.15) is 11.6 Å². The van der Waals surface area contributed by atoms with Gasteiger partial charge >= 0.3 is 0 Å². The Bertz CT molecular complexity index is 1400. The van der Waals surface area contributed by atoms with E-state index >= 15 is 0 Å². The van der Waals surface area contributed by atoms with E-state index in [1.54, 1.807) is 18.2 Å². The maximum Gasteiger partial charge on any atom is 0.257 e. The Morgan fingerprint density at radius 3 is 2.71 bits per heavy atom. The third-order valence-electron chi connectivity index (χ3n) is 6.23. The highest BCUT2D eigenvalue weighted by Gasteiger charge is 2.42. The summed E-state index contributed by atoms with van der Waals surface area (Å²) in [6.45, 7) is 4.12. The molecular formula is C26H24ClN3O3S. The molecule has 5 rings (SSSR count). The van der Waals surface area contributed by atoms with Crippen molar-refractivity contribution in [2.75, 3.05) is 5.32 Å². The number of thioether (sulfide) groups is 1. The van der Waals surface area contributed by atoms with Crippen molar-refractivity contribution in [3.63, 3.8) is 0 Å². The van der Waals surface area contributed by atoms with Crippen molar-refractivity contribution in [3.05, 3.63) is 91.9 Å². The molecule has 2 aromatic carbocycles. The van der Waals surface area contributed by atoms with Crippen LogP contribution in [0, 0.1) is 5.41 Å². The number of carbonyl (C=O) groups is 1. The van der Waals surface area contributed by atoms with Crippen molar-refractivity contribution < 1.29 is 9.90 Å². The van der Waals surface area contributed by atoms with Crippen LogP contribution in [0.2, 0.25) is 5.02 Å². The van der Waals surface area contributed by atoms with Crippen LogP contribution >= 0.6 is 23.4 Å². The van der Waals surface area contributed by atoms with E-state index in [-0.39, 0.29) is 22.5 Å². The number of anilines is 1. The third kappa shape index (κ3) is 4.26. The van der Waals surface area contributed by atoms with E-state index in [9.17, 15) is 14.7 Å². The highest BCUT2D eigenvalue weighted by molar-refractivity contribution is 7.98. The number of hydrogen-bond acceptors (Lipinski definition) is 6. The fraction of sp³-hybridized carbons (Fsp3) is 0.269. The SMILES string of the molecule is CC1(C)CC(=O)C2=C(C1)Nc1nc(SCc3ccccc3Cl)[nH]c(=O)c1C2c1cccc(O)c1. The van der Waals surface area contributed by atoms with Crippen LogP contribution in [0.25, 0.3) is 0 Å².